The molecule has 28 heavy (non-hydrogen) atoms. The first-order valence-corrected chi connectivity index (χ1v) is 9.90. The van der Waals surface area contributed by atoms with Gasteiger partial charge in [-0.2, -0.15) is 5.10 Å². The third-order valence-corrected chi connectivity index (χ3v) is 5.32. The minimum absolute atomic E-state index is 0.121. The largest absolute Gasteiger partial charge is 0.302 e. The molecule has 0 saturated heterocycles. The summed E-state index contributed by atoms with van der Waals surface area (Å²) in [7, 11) is 0. The summed E-state index contributed by atoms with van der Waals surface area (Å²) in [6.07, 6.45) is 3.81. The van der Waals surface area contributed by atoms with Gasteiger partial charge >= 0.3 is 0 Å². The van der Waals surface area contributed by atoms with Gasteiger partial charge in [-0.15, -0.1) is 11.3 Å². The lowest BCUT2D eigenvalue weighted by atomic mass is 10.1. The number of anilines is 1. The van der Waals surface area contributed by atoms with Crippen molar-refractivity contribution in [2.75, 3.05) is 5.32 Å². The second-order valence-electron chi connectivity index (χ2n) is 6.28. The van der Waals surface area contributed by atoms with Gasteiger partial charge in [-0.1, -0.05) is 41.9 Å². The summed E-state index contributed by atoms with van der Waals surface area (Å²) >= 11 is 7.41. The Labute approximate surface area is 171 Å². The van der Waals surface area contributed by atoms with Crippen LogP contribution in [0.5, 0.6) is 0 Å². The van der Waals surface area contributed by atoms with Crippen LogP contribution in [-0.2, 0) is 11.2 Å². The van der Waals surface area contributed by atoms with Crippen LogP contribution in [-0.4, -0.2) is 20.7 Å². The zero-order chi connectivity index (χ0) is 19.5. The number of rotatable bonds is 5. The van der Waals surface area contributed by atoms with Crippen LogP contribution in [0.1, 0.15) is 10.4 Å². The highest BCUT2D eigenvalue weighted by Crippen LogP contribution is 2.31. The Kier molecular flexibility index (Phi) is 5.23. The molecule has 2 aromatic carbocycles. The number of hydrogen-bond acceptors (Lipinski definition) is 4. The highest BCUT2D eigenvalue weighted by molar-refractivity contribution is 7.16. The molecule has 4 rings (SSSR count). The number of aromatic nitrogens is 3. The number of para-hydroxylation sites is 1. The summed E-state index contributed by atoms with van der Waals surface area (Å²) < 4.78 is 1.76. The maximum Gasteiger partial charge on any atom is 0.230 e. The second kappa shape index (κ2) is 7.96. The van der Waals surface area contributed by atoms with E-state index in [1.165, 1.54) is 11.3 Å². The van der Waals surface area contributed by atoms with E-state index >= 15 is 0 Å². The minimum Gasteiger partial charge on any atom is -0.302 e. The molecule has 2 aromatic heterocycles. The molecule has 5 nitrogen and oxygen atoms in total. The predicted octanol–water partition coefficient (Wildman–Crippen LogP) is 5.14. The molecule has 140 valence electrons. The van der Waals surface area contributed by atoms with E-state index in [1.807, 2.05) is 67.7 Å². The third kappa shape index (κ3) is 4.13. The van der Waals surface area contributed by atoms with Gasteiger partial charge in [0.1, 0.15) is 0 Å². The number of carbonyl (C=O) groups is 1. The molecule has 0 fully saturated rings. The Morgan fingerprint density at radius 2 is 1.89 bits per heavy atom. The molecule has 0 atom stereocenters. The summed E-state index contributed by atoms with van der Waals surface area (Å²) in [5.74, 6) is -0.121. The first-order chi connectivity index (χ1) is 13.6. The van der Waals surface area contributed by atoms with Crippen LogP contribution in [0.25, 0.3) is 16.9 Å². The van der Waals surface area contributed by atoms with Crippen molar-refractivity contribution in [3.63, 3.8) is 0 Å². The molecule has 0 unspecified atom stereocenters. The van der Waals surface area contributed by atoms with Crippen molar-refractivity contribution in [3.05, 3.63) is 82.5 Å². The van der Waals surface area contributed by atoms with Crippen molar-refractivity contribution in [2.45, 2.75) is 13.3 Å². The fourth-order valence-electron chi connectivity index (χ4n) is 2.85. The third-order valence-electron chi connectivity index (χ3n) is 4.18. The summed E-state index contributed by atoms with van der Waals surface area (Å²) in [6, 6.07) is 17.3. The number of halogens is 1. The summed E-state index contributed by atoms with van der Waals surface area (Å²) in [5.41, 5.74) is 3.63. The molecule has 4 aromatic rings. The maximum absolute atomic E-state index is 12.4. The fraction of sp³-hybridized carbons (Fsp3) is 0.0952. The topological polar surface area (TPSA) is 59.8 Å². The summed E-state index contributed by atoms with van der Waals surface area (Å²) in [5, 5.41) is 8.48. The van der Waals surface area contributed by atoms with Crippen molar-refractivity contribution in [1.29, 1.82) is 0 Å². The van der Waals surface area contributed by atoms with Gasteiger partial charge in [-0.3, -0.25) is 4.79 Å². The zero-order valence-corrected chi connectivity index (χ0v) is 16.7. The van der Waals surface area contributed by atoms with Crippen LogP contribution in [0.2, 0.25) is 5.02 Å². The summed E-state index contributed by atoms with van der Waals surface area (Å²) in [4.78, 5) is 18.0. The van der Waals surface area contributed by atoms with E-state index in [-0.39, 0.29) is 12.3 Å². The molecule has 0 aliphatic rings. The first-order valence-electron chi connectivity index (χ1n) is 8.71. The highest BCUT2D eigenvalue weighted by Gasteiger charge is 2.13. The Bertz CT molecular complexity index is 1100. The smallest absolute Gasteiger partial charge is 0.230 e. The lowest BCUT2D eigenvalue weighted by molar-refractivity contribution is -0.115. The van der Waals surface area contributed by atoms with Gasteiger partial charge in [0.05, 0.1) is 24.0 Å². The van der Waals surface area contributed by atoms with Crippen LogP contribution in [0, 0.1) is 6.92 Å². The number of amides is 1. The molecule has 0 aliphatic heterocycles. The maximum atomic E-state index is 12.4. The Balaban J connectivity index is 1.44. The van der Waals surface area contributed by atoms with Gasteiger partial charge in [0, 0.05) is 21.7 Å². The Morgan fingerprint density at radius 3 is 2.64 bits per heavy atom. The summed E-state index contributed by atoms with van der Waals surface area (Å²) in [6.45, 7) is 1.99. The number of nitrogens with one attached hydrogen (secondary N) is 1. The molecule has 0 spiro atoms. The van der Waals surface area contributed by atoms with Crippen LogP contribution < -0.4 is 5.32 Å². The average molecular weight is 409 g/mol. The van der Waals surface area contributed by atoms with Crippen molar-refractivity contribution in [3.8, 4) is 16.9 Å². The molecular weight excluding hydrogens is 392 g/mol. The predicted molar refractivity (Wildman–Crippen MR) is 113 cm³/mol. The molecule has 0 radical (unpaired) electrons. The van der Waals surface area contributed by atoms with Crippen molar-refractivity contribution in [2.24, 2.45) is 0 Å². The van der Waals surface area contributed by atoms with Gasteiger partial charge in [-0.25, -0.2) is 9.67 Å². The molecule has 7 heteroatoms. The van der Waals surface area contributed by atoms with E-state index in [4.69, 9.17) is 11.6 Å². The van der Waals surface area contributed by atoms with E-state index in [1.54, 1.807) is 10.9 Å². The van der Waals surface area contributed by atoms with E-state index in [2.05, 4.69) is 15.4 Å². The normalized spacial score (nSPS) is 10.8. The van der Waals surface area contributed by atoms with Crippen molar-refractivity contribution < 1.29 is 4.79 Å². The number of aryl methyl sites for hydroxylation is 1. The minimum atomic E-state index is -0.121. The molecule has 0 aliphatic carbocycles. The fourth-order valence-corrected chi connectivity index (χ4v) is 3.83. The van der Waals surface area contributed by atoms with E-state index in [0.29, 0.717) is 10.2 Å². The van der Waals surface area contributed by atoms with Crippen molar-refractivity contribution >= 4 is 34.0 Å². The molecular formula is C21H17ClN4OS. The lowest BCUT2D eigenvalue weighted by Gasteiger charge is -2.01. The number of hydrogen-bond donors (Lipinski definition) is 1. The van der Waals surface area contributed by atoms with Gasteiger partial charge in [0.2, 0.25) is 5.91 Å². The van der Waals surface area contributed by atoms with Crippen LogP contribution in [0.15, 0.2) is 67.0 Å². The Morgan fingerprint density at radius 1 is 1.14 bits per heavy atom. The SMILES string of the molecule is Cc1sc(NC(=O)Cc2cnn(-c3ccccc3)c2)nc1-c1ccc(Cl)cc1. The monoisotopic (exact) mass is 408 g/mol. The molecule has 0 bridgehead atoms. The lowest BCUT2D eigenvalue weighted by Crippen LogP contribution is -2.13. The number of carbonyl (C=O) groups excluding carboxylic acids is 1. The molecule has 1 N–H and O–H groups in total. The first kappa shape index (κ1) is 18.4. The van der Waals surface area contributed by atoms with E-state index in [0.717, 1.165) is 27.4 Å². The molecule has 2 heterocycles. The number of benzene rings is 2. The Hall–Kier alpha value is -2.96. The van der Waals surface area contributed by atoms with Gasteiger partial charge in [-0.05, 0) is 36.8 Å². The highest BCUT2D eigenvalue weighted by atomic mass is 35.5. The second-order valence-corrected chi connectivity index (χ2v) is 7.92. The van der Waals surface area contributed by atoms with Gasteiger partial charge < -0.3 is 5.32 Å². The van der Waals surface area contributed by atoms with Crippen LogP contribution in [0.4, 0.5) is 5.13 Å². The average Bonchev–Trinajstić information content (AvgIpc) is 3.30. The number of thiazole rings is 1. The van der Waals surface area contributed by atoms with E-state index < -0.39 is 0 Å². The van der Waals surface area contributed by atoms with Gasteiger partial charge in [0.25, 0.3) is 0 Å². The number of nitrogens with zero attached hydrogens (tertiary/aromatic N) is 3. The van der Waals surface area contributed by atoms with Gasteiger partial charge in [0.15, 0.2) is 5.13 Å². The molecule has 0 saturated carbocycles. The standard InChI is InChI=1S/C21H17ClN4OS/c1-14-20(16-7-9-17(22)10-8-16)25-21(28-14)24-19(27)11-15-12-23-26(13-15)18-5-3-2-4-6-18/h2-10,12-13H,11H2,1H3,(H,24,25,27). The quantitative estimate of drug-likeness (QED) is 0.497. The van der Waals surface area contributed by atoms with Crippen molar-refractivity contribution in [1.82, 2.24) is 14.8 Å². The van der Waals surface area contributed by atoms with Crippen LogP contribution >= 0.6 is 22.9 Å². The van der Waals surface area contributed by atoms with Crippen LogP contribution in [0.3, 0.4) is 0 Å². The van der Waals surface area contributed by atoms with E-state index in [9.17, 15) is 4.79 Å². The zero-order valence-electron chi connectivity index (χ0n) is 15.1. The molecule has 1 amide bonds.